The van der Waals surface area contributed by atoms with Gasteiger partial charge in [0.2, 0.25) is 5.91 Å². The van der Waals surface area contributed by atoms with E-state index in [1.165, 1.54) is 35.7 Å². The molecule has 0 saturated heterocycles. The van der Waals surface area contributed by atoms with Crippen LogP contribution in [0.2, 0.25) is 0 Å². The molecule has 0 bridgehead atoms. The molecule has 3 heterocycles. The Hall–Kier alpha value is -2.83. The molecule has 1 aromatic carbocycles. The molecule has 0 aliphatic carbocycles. The number of nitrogens with zero attached hydrogens (tertiary/aromatic N) is 3. The van der Waals surface area contributed by atoms with Crippen LogP contribution in [-0.2, 0) is 33.8 Å². The summed E-state index contributed by atoms with van der Waals surface area (Å²) in [5.74, 6) is -0.0909. The van der Waals surface area contributed by atoms with Crippen molar-refractivity contribution in [2.45, 2.75) is 56.9 Å². The van der Waals surface area contributed by atoms with Crippen molar-refractivity contribution < 1.29 is 26.4 Å². The van der Waals surface area contributed by atoms with Crippen LogP contribution in [0.15, 0.2) is 47.5 Å². The van der Waals surface area contributed by atoms with Crippen molar-refractivity contribution in [3.05, 3.63) is 70.0 Å². The minimum absolute atomic E-state index is 0.0715. The molecule has 0 spiro atoms. The molecule has 1 aliphatic rings. The van der Waals surface area contributed by atoms with Crippen LogP contribution in [0.1, 0.15) is 60.2 Å². The quantitative estimate of drug-likeness (QED) is 0.421. The first-order chi connectivity index (χ1) is 17.2. The minimum Gasteiger partial charge on any atom is -0.302 e. The Morgan fingerprint density at radius 3 is 2.38 bits per heavy atom. The van der Waals surface area contributed by atoms with Crippen molar-refractivity contribution in [3.63, 3.8) is 0 Å². The van der Waals surface area contributed by atoms with E-state index in [1.807, 2.05) is 6.92 Å². The average Bonchev–Trinajstić information content (AvgIpc) is 3.34. The highest BCUT2D eigenvalue weighted by Gasteiger charge is 2.39. The predicted octanol–water partition coefficient (Wildman–Crippen LogP) is 5.42. The molecule has 4 rings (SSSR count). The number of sulfone groups is 1. The summed E-state index contributed by atoms with van der Waals surface area (Å²) >= 11 is 1.38. The number of nitrogens with one attached hydrogen (secondary N) is 1. The number of carbonyl (C=O) groups is 1. The van der Waals surface area contributed by atoms with Gasteiger partial charge in [0.25, 0.3) is 0 Å². The molecule has 37 heavy (non-hydrogen) atoms. The summed E-state index contributed by atoms with van der Waals surface area (Å²) in [5.41, 5.74) is 1.31. The lowest BCUT2D eigenvalue weighted by molar-refractivity contribution is -0.141. The molecule has 0 saturated carbocycles. The van der Waals surface area contributed by atoms with E-state index >= 15 is 0 Å². The van der Waals surface area contributed by atoms with Crippen LogP contribution < -0.4 is 5.32 Å². The first-order valence-electron chi connectivity index (χ1n) is 11.6. The Labute approximate surface area is 217 Å². The maximum absolute atomic E-state index is 12.9. The van der Waals surface area contributed by atoms with E-state index < -0.39 is 21.7 Å². The molecule has 1 aliphatic heterocycles. The summed E-state index contributed by atoms with van der Waals surface area (Å²) in [4.78, 5) is 24.3. The lowest BCUT2D eigenvalue weighted by atomic mass is 9.99. The van der Waals surface area contributed by atoms with Gasteiger partial charge in [0, 0.05) is 29.9 Å². The van der Waals surface area contributed by atoms with Crippen molar-refractivity contribution in [1.29, 1.82) is 0 Å². The zero-order valence-electron chi connectivity index (χ0n) is 20.7. The minimum atomic E-state index is -4.48. The van der Waals surface area contributed by atoms with Crippen LogP contribution in [0, 0.1) is 5.92 Å². The lowest BCUT2D eigenvalue weighted by Crippen LogP contribution is -2.29. The number of alkyl halides is 3. The maximum Gasteiger partial charge on any atom is 0.433 e. The molecule has 0 fully saturated rings. The third kappa shape index (κ3) is 6.02. The number of carbonyl (C=O) groups excluding carboxylic acids is 1. The predicted molar refractivity (Wildman–Crippen MR) is 135 cm³/mol. The molecule has 198 valence electrons. The summed E-state index contributed by atoms with van der Waals surface area (Å²) in [5, 5.41) is 3.32. The molecule has 0 unspecified atom stereocenters. The SMILES string of the molecule is CC(C)[C@H]1c2nc(NC(=O)Cc3ccc(S(C)(=O)=O)cc3)sc2CN1[C@@H](C)c1ccc(C(F)(F)F)nc1. The lowest BCUT2D eigenvalue weighted by Gasteiger charge is -2.33. The second kappa shape index (κ2) is 10.1. The largest absolute Gasteiger partial charge is 0.433 e. The Kier molecular flexibility index (Phi) is 7.46. The number of pyridine rings is 1. The molecule has 2 aromatic heterocycles. The number of rotatable bonds is 7. The van der Waals surface area contributed by atoms with Crippen molar-refractivity contribution in [2.75, 3.05) is 11.6 Å². The van der Waals surface area contributed by atoms with Crippen LogP contribution >= 0.6 is 11.3 Å². The molecular formula is C25H27F3N4O3S2. The molecular weight excluding hydrogens is 525 g/mol. The fraction of sp³-hybridized carbons (Fsp3) is 0.400. The Morgan fingerprint density at radius 2 is 1.84 bits per heavy atom. The smallest absolute Gasteiger partial charge is 0.302 e. The van der Waals surface area contributed by atoms with Crippen molar-refractivity contribution in [2.24, 2.45) is 5.92 Å². The number of hydrogen-bond acceptors (Lipinski definition) is 7. The highest BCUT2D eigenvalue weighted by atomic mass is 32.2. The number of fused-ring (bicyclic) bond motifs is 1. The zero-order valence-corrected chi connectivity index (χ0v) is 22.3. The van der Waals surface area contributed by atoms with E-state index in [2.05, 4.69) is 29.0 Å². The molecule has 3 aromatic rings. The first-order valence-corrected chi connectivity index (χ1v) is 14.3. The Morgan fingerprint density at radius 1 is 1.16 bits per heavy atom. The zero-order chi connectivity index (χ0) is 27.1. The fourth-order valence-corrected chi connectivity index (χ4v) is 6.13. The van der Waals surface area contributed by atoms with Gasteiger partial charge in [0.15, 0.2) is 15.0 Å². The first kappa shape index (κ1) is 27.2. The van der Waals surface area contributed by atoms with Crippen LogP contribution in [0.4, 0.5) is 18.3 Å². The number of benzene rings is 1. The highest BCUT2D eigenvalue weighted by molar-refractivity contribution is 7.90. The topological polar surface area (TPSA) is 92.3 Å². The van der Waals surface area contributed by atoms with Gasteiger partial charge in [0.1, 0.15) is 5.69 Å². The number of halogens is 3. The van der Waals surface area contributed by atoms with Gasteiger partial charge in [-0.1, -0.05) is 32.0 Å². The normalized spacial score (nSPS) is 17.1. The summed E-state index contributed by atoms with van der Waals surface area (Å²) in [6.45, 7) is 6.61. The fourth-order valence-electron chi connectivity index (χ4n) is 4.47. The van der Waals surface area contributed by atoms with E-state index in [4.69, 9.17) is 4.98 Å². The monoisotopic (exact) mass is 552 g/mol. The second-order valence-electron chi connectivity index (χ2n) is 9.48. The summed E-state index contributed by atoms with van der Waals surface area (Å²) in [6, 6.07) is 8.39. The molecule has 1 amide bonds. The highest BCUT2D eigenvalue weighted by Crippen LogP contribution is 2.46. The Balaban J connectivity index is 1.45. The standard InChI is InChI=1S/C25H27F3N4O3S2/c1-14(2)23-22-19(13-32(23)15(3)17-7-10-20(29-12-17)25(26,27)28)36-24(31-22)30-21(33)11-16-5-8-18(9-6-16)37(4,34)35/h5-10,12,14-15,23H,11,13H2,1-4H3,(H,30,31,33)/t15-,23-/m0/s1. The third-order valence-electron chi connectivity index (χ3n) is 6.34. The summed E-state index contributed by atoms with van der Waals surface area (Å²) in [6.07, 6.45) is -2.00. The molecule has 1 N–H and O–H groups in total. The Bertz CT molecular complexity index is 1390. The van der Waals surface area contributed by atoms with E-state index in [-0.39, 0.29) is 35.2 Å². The van der Waals surface area contributed by atoms with E-state index in [9.17, 15) is 26.4 Å². The number of hydrogen-bond donors (Lipinski definition) is 1. The van der Waals surface area contributed by atoms with Gasteiger partial charge in [-0.3, -0.25) is 14.7 Å². The number of anilines is 1. The molecule has 0 radical (unpaired) electrons. The van der Waals surface area contributed by atoms with Gasteiger partial charge < -0.3 is 5.32 Å². The van der Waals surface area contributed by atoms with Gasteiger partial charge in [-0.25, -0.2) is 13.4 Å². The molecule has 2 atom stereocenters. The average molecular weight is 553 g/mol. The molecule has 12 heteroatoms. The van der Waals surface area contributed by atoms with Gasteiger partial charge in [-0.05, 0) is 42.2 Å². The van der Waals surface area contributed by atoms with Crippen LogP contribution in [0.25, 0.3) is 0 Å². The van der Waals surface area contributed by atoms with Gasteiger partial charge >= 0.3 is 6.18 Å². The van der Waals surface area contributed by atoms with E-state index in [1.54, 1.807) is 12.1 Å². The number of aromatic nitrogens is 2. The van der Waals surface area contributed by atoms with Gasteiger partial charge in [-0.2, -0.15) is 13.2 Å². The van der Waals surface area contributed by atoms with Gasteiger partial charge in [-0.15, -0.1) is 11.3 Å². The van der Waals surface area contributed by atoms with Gasteiger partial charge in [0.05, 0.1) is 23.1 Å². The van der Waals surface area contributed by atoms with Crippen LogP contribution in [0.3, 0.4) is 0 Å². The van der Waals surface area contributed by atoms with E-state index in [0.717, 1.165) is 22.9 Å². The van der Waals surface area contributed by atoms with Crippen LogP contribution in [0.5, 0.6) is 0 Å². The van der Waals surface area contributed by atoms with Crippen molar-refractivity contribution >= 4 is 32.2 Å². The number of thiazole rings is 1. The van der Waals surface area contributed by atoms with Crippen molar-refractivity contribution in [3.8, 4) is 0 Å². The molecule has 7 nitrogen and oxygen atoms in total. The second-order valence-corrected chi connectivity index (χ2v) is 12.6. The van der Waals surface area contributed by atoms with Crippen molar-refractivity contribution in [1.82, 2.24) is 14.9 Å². The third-order valence-corrected chi connectivity index (χ3v) is 8.44. The van der Waals surface area contributed by atoms with Crippen LogP contribution in [-0.4, -0.2) is 35.4 Å². The maximum atomic E-state index is 12.9. The van der Waals surface area contributed by atoms with E-state index in [0.29, 0.717) is 22.8 Å². The summed E-state index contributed by atoms with van der Waals surface area (Å²) in [7, 11) is -3.31. The summed E-state index contributed by atoms with van der Waals surface area (Å²) < 4.78 is 61.9. The number of amides is 1.